The summed E-state index contributed by atoms with van der Waals surface area (Å²) in [5.41, 5.74) is 2.20. The molecular weight excluding hydrogens is 394 g/mol. The molecule has 0 radical (unpaired) electrons. The number of carbonyl (C=O) groups excluding carboxylic acids is 1. The van der Waals surface area contributed by atoms with Crippen LogP contribution in [0.15, 0.2) is 41.7 Å². The number of aryl methyl sites for hydroxylation is 1. The maximum Gasteiger partial charge on any atom is 0.225 e. The maximum absolute atomic E-state index is 12.6. The second-order valence-electron chi connectivity index (χ2n) is 7.33. The third kappa shape index (κ3) is 6.31. The number of rotatable bonds is 7. The molecule has 9 heteroatoms. The van der Waals surface area contributed by atoms with Crippen LogP contribution in [0, 0.1) is 6.92 Å². The Morgan fingerprint density at radius 3 is 2.58 bits per heavy atom. The number of anilines is 1. The molecule has 0 atom stereocenters. The van der Waals surface area contributed by atoms with Crippen molar-refractivity contribution in [1.82, 2.24) is 25.5 Å². The predicted octanol–water partition coefficient (Wildman–Crippen LogP) is 1.20. The van der Waals surface area contributed by atoms with Gasteiger partial charge in [-0.25, -0.2) is 9.97 Å². The minimum Gasteiger partial charge on any atom is -0.496 e. The molecule has 0 aliphatic carbocycles. The number of nitrogens with zero attached hydrogens (tertiary/aromatic N) is 5. The van der Waals surface area contributed by atoms with E-state index in [1.54, 1.807) is 32.6 Å². The van der Waals surface area contributed by atoms with E-state index in [4.69, 9.17) is 4.74 Å². The van der Waals surface area contributed by atoms with E-state index >= 15 is 0 Å². The van der Waals surface area contributed by atoms with Crippen molar-refractivity contribution in [3.63, 3.8) is 0 Å². The molecule has 0 spiro atoms. The smallest absolute Gasteiger partial charge is 0.225 e. The molecule has 0 unspecified atom stereocenters. The normalized spacial score (nSPS) is 14.4. The van der Waals surface area contributed by atoms with Crippen LogP contribution >= 0.6 is 0 Å². The van der Waals surface area contributed by atoms with Gasteiger partial charge in [-0.15, -0.1) is 0 Å². The summed E-state index contributed by atoms with van der Waals surface area (Å²) in [7, 11) is 3.39. The third-order valence-corrected chi connectivity index (χ3v) is 5.21. The molecule has 166 valence electrons. The predicted molar refractivity (Wildman–Crippen MR) is 121 cm³/mol. The SMILES string of the molecule is CN=C(NCCC(=O)N1CCN(c2ncccn2)CC1)NCc1ccc(C)cc1OC. The summed E-state index contributed by atoms with van der Waals surface area (Å²) in [5.74, 6) is 2.35. The lowest BCUT2D eigenvalue weighted by Gasteiger charge is -2.34. The highest BCUT2D eigenvalue weighted by molar-refractivity contribution is 5.81. The molecule has 9 nitrogen and oxygen atoms in total. The van der Waals surface area contributed by atoms with Gasteiger partial charge in [0.05, 0.1) is 7.11 Å². The zero-order valence-corrected chi connectivity index (χ0v) is 18.5. The van der Waals surface area contributed by atoms with E-state index in [0.717, 1.165) is 35.9 Å². The fourth-order valence-corrected chi connectivity index (χ4v) is 3.45. The van der Waals surface area contributed by atoms with Gasteiger partial charge in [-0.1, -0.05) is 12.1 Å². The Bertz CT molecular complexity index is 881. The zero-order valence-electron chi connectivity index (χ0n) is 18.5. The molecular formula is C22H31N7O2. The summed E-state index contributed by atoms with van der Waals surface area (Å²) >= 11 is 0. The fourth-order valence-electron chi connectivity index (χ4n) is 3.45. The molecule has 2 aromatic rings. The van der Waals surface area contributed by atoms with Crippen LogP contribution in [-0.2, 0) is 11.3 Å². The summed E-state index contributed by atoms with van der Waals surface area (Å²) in [4.78, 5) is 29.4. The first-order valence-corrected chi connectivity index (χ1v) is 10.5. The average Bonchev–Trinajstić information content (AvgIpc) is 2.82. The zero-order chi connectivity index (χ0) is 22.1. The van der Waals surface area contributed by atoms with Crippen molar-refractivity contribution in [1.29, 1.82) is 0 Å². The number of amides is 1. The van der Waals surface area contributed by atoms with Crippen LogP contribution in [0.25, 0.3) is 0 Å². The summed E-state index contributed by atoms with van der Waals surface area (Å²) in [6, 6.07) is 7.90. The number of aromatic nitrogens is 2. The van der Waals surface area contributed by atoms with E-state index in [0.29, 0.717) is 38.6 Å². The number of aliphatic imine (C=N–C) groups is 1. The highest BCUT2D eigenvalue weighted by Crippen LogP contribution is 2.19. The van der Waals surface area contributed by atoms with Gasteiger partial charge in [-0.2, -0.15) is 0 Å². The lowest BCUT2D eigenvalue weighted by Crippen LogP contribution is -2.50. The Balaban J connectivity index is 1.39. The highest BCUT2D eigenvalue weighted by Gasteiger charge is 2.22. The van der Waals surface area contributed by atoms with Gasteiger partial charge in [0.1, 0.15) is 5.75 Å². The van der Waals surface area contributed by atoms with Gasteiger partial charge in [-0.05, 0) is 24.6 Å². The van der Waals surface area contributed by atoms with Crippen molar-refractivity contribution in [3.05, 3.63) is 47.8 Å². The van der Waals surface area contributed by atoms with Crippen molar-refractivity contribution in [2.45, 2.75) is 19.9 Å². The van der Waals surface area contributed by atoms with E-state index in [2.05, 4.69) is 36.6 Å². The Morgan fingerprint density at radius 1 is 1.16 bits per heavy atom. The van der Waals surface area contributed by atoms with E-state index in [1.165, 1.54) is 0 Å². The second-order valence-corrected chi connectivity index (χ2v) is 7.33. The Hall–Kier alpha value is -3.36. The highest BCUT2D eigenvalue weighted by atomic mass is 16.5. The van der Waals surface area contributed by atoms with Crippen LogP contribution in [-0.4, -0.2) is 73.6 Å². The van der Waals surface area contributed by atoms with Crippen molar-refractivity contribution in [2.24, 2.45) is 4.99 Å². The molecule has 1 amide bonds. The third-order valence-electron chi connectivity index (χ3n) is 5.21. The fraction of sp³-hybridized carbons (Fsp3) is 0.455. The molecule has 1 aliphatic heterocycles. The van der Waals surface area contributed by atoms with E-state index in [9.17, 15) is 4.79 Å². The number of nitrogens with one attached hydrogen (secondary N) is 2. The van der Waals surface area contributed by atoms with Crippen LogP contribution < -0.4 is 20.3 Å². The van der Waals surface area contributed by atoms with Crippen LogP contribution in [0.4, 0.5) is 5.95 Å². The van der Waals surface area contributed by atoms with Crippen molar-refractivity contribution in [2.75, 3.05) is 51.8 Å². The number of hydrogen-bond acceptors (Lipinski definition) is 6. The lowest BCUT2D eigenvalue weighted by molar-refractivity contribution is -0.131. The van der Waals surface area contributed by atoms with Crippen LogP contribution in [0.1, 0.15) is 17.5 Å². The summed E-state index contributed by atoms with van der Waals surface area (Å²) in [5, 5.41) is 6.48. The Morgan fingerprint density at radius 2 is 1.90 bits per heavy atom. The molecule has 1 saturated heterocycles. The van der Waals surface area contributed by atoms with Crippen LogP contribution in [0.2, 0.25) is 0 Å². The van der Waals surface area contributed by atoms with Gasteiger partial charge in [0.15, 0.2) is 5.96 Å². The van der Waals surface area contributed by atoms with Gasteiger partial charge in [0, 0.05) is 70.7 Å². The van der Waals surface area contributed by atoms with E-state index < -0.39 is 0 Å². The maximum atomic E-state index is 12.6. The van der Waals surface area contributed by atoms with Gasteiger partial charge in [0.2, 0.25) is 11.9 Å². The molecule has 2 heterocycles. The number of benzene rings is 1. The van der Waals surface area contributed by atoms with E-state index in [1.807, 2.05) is 24.0 Å². The quantitative estimate of drug-likeness (QED) is 0.508. The monoisotopic (exact) mass is 425 g/mol. The minimum absolute atomic E-state index is 0.136. The molecule has 1 fully saturated rings. The number of piperazine rings is 1. The summed E-state index contributed by atoms with van der Waals surface area (Å²) in [6.07, 6.45) is 3.89. The summed E-state index contributed by atoms with van der Waals surface area (Å²) < 4.78 is 5.45. The first kappa shape index (κ1) is 22.3. The Labute approximate surface area is 183 Å². The average molecular weight is 426 g/mol. The Kier molecular flexibility index (Phi) is 8.03. The van der Waals surface area contributed by atoms with Gasteiger partial charge >= 0.3 is 0 Å². The van der Waals surface area contributed by atoms with Crippen molar-refractivity contribution in [3.8, 4) is 5.75 Å². The first-order valence-electron chi connectivity index (χ1n) is 10.5. The molecule has 2 N–H and O–H groups in total. The van der Waals surface area contributed by atoms with Crippen LogP contribution in [0.3, 0.4) is 0 Å². The number of carbonyl (C=O) groups is 1. The molecule has 0 bridgehead atoms. The molecule has 3 rings (SSSR count). The second kappa shape index (κ2) is 11.1. The van der Waals surface area contributed by atoms with Gasteiger partial charge in [0.25, 0.3) is 0 Å². The molecule has 1 aliphatic rings. The molecule has 0 saturated carbocycles. The van der Waals surface area contributed by atoms with Crippen LogP contribution in [0.5, 0.6) is 5.75 Å². The first-order chi connectivity index (χ1) is 15.1. The van der Waals surface area contributed by atoms with Gasteiger partial charge < -0.3 is 25.2 Å². The molecule has 1 aromatic carbocycles. The van der Waals surface area contributed by atoms with E-state index in [-0.39, 0.29) is 5.91 Å². The van der Waals surface area contributed by atoms with Gasteiger partial charge in [-0.3, -0.25) is 9.79 Å². The van der Waals surface area contributed by atoms with Crippen molar-refractivity contribution >= 4 is 17.8 Å². The number of guanidine groups is 1. The largest absolute Gasteiger partial charge is 0.496 e. The molecule has 31 heavy (non-hydrogen) atoms. The number of ether oxygens (including phenoxy) is 1. The van der Waals surface area contributed by atoms with Crippen molar-refractivity contribution < 1.29 is 9.53 Å². The molecule has 1 aromatic heterocycles. The number of methoxy groups -OCH3 is 1. The standard InChI is InChI=1S/C22H31N7O2/c1-17-5-6-18(19(15-17)31-3)16-27-21(23-2)24-10-7-20(30)28-11-13-29(14-12-28)22-25-8-4-9-26-22/h4-6,8-9,15H,7,10-14,16H2,1-3H3,(H2,23,24,27). The lowest BCUT2D eigenvalue weighted by atomic mass is 10.1. The number of hydrogen-bond donors (Lipinski definition) is 2. The summed E-state index contributed by atoms with van der Waals surface area (Å²) in [6.45, 7) is 5.98. The minimum atomic E-state index is 0.136. The topological polar surface area (TPSA) is 95.0 Å².